The minimum atomic E-state index is -0.0903. The van der Waals surface area contributed by atoms with Gasteiger partial charge >= 0.3 is 0 Å². The summed E-state index contributed by atoms with van der Waals surface area (Å²) in [5.74, 6) is 1.51. The first-order valence-corrected chi connectivity index (χ1v) is 7.68. The van der Waals surface area contributed by atoms with Crippen molar-refractivity contribution in [2.24, 2.45) is 0 Å². The second kappa shape index (κ2) is 7.09. The van der Waals surface area contributed by atoms with Gasteiger partial charge in [0.25, 0.3) is 0 Å². The van der Waals surface area contributed by atoms with Crippen molar-refractivity contribution in [1.82, 2.24) is 5.32 Å². The maximum Gasteiger partial charge on any atom is 0.241 e. The molecule has 0 aliphatic carbocycles. The maximum absolute atomic E-state index is 12.2. The Hall–Kier alpha value is -2.33. The molecular weight excluding hydrogens is 276 g/mol. The van der Waals surface area contributed by atoms with Gasteiger partial charge in [-0.05, 0) is 43.7 Å². The van der Waals surface area contributed by atoms with Crippen molar-refractivity contribution in [1.29, 1.82) is 0 Å². The fourth-order valence-corrected chi connectivity index (χ4v) is 2.57. The Morgan fingerprint density at radius 1 is 1.05 bits per heavy atom. The Kier molecular flexibility index (Phi) is 4.71. The molecule has 2 N–H and O–H groups in total. The van der Waals surface area contributed by atoms with Crippen molar-refractivity contribution in [3.63, 3.8) is 0 Å². The molecule has 3 rings (SSSR count). The van der Waals surface area contributed by atoms with Crippen molar-refractivity contribution < 1.29 is 9.53 Å². The SMILES string of the molecule is O=C(Nc1cccc(Oc2ccccc2)c1)[C@H]1CCCCN1. The lowest BCUT2D eigenvalue weighted by atomic mass is 10.0. The Balaban J connectivity index is 1.64. The van der Waals surface area contributed by atoms with E-state index in [2.05, 4.69) is 10.6 Å². The highest BCUT2D eigenvalue weighted by Gasteiger charge is 2.20. The third-order valence-electron chi connectivity index (χ3n) is 3.71. The lowest BCUT2D eigenvalue weighted by Gasteiger charge is -2.22. The van der Waals surface area contributed by atoms with E-state index in [1.165, 1.54) is 0 Å². The van der Waals surface area contributed by atoms with Gasteiger partial charge in [0.2, 0.25) is 5.91 Å². The van der Waals surface area contributed by atoms with Gasteiger partial charge in [0.15, 0.2) is 0 Å². The quantitative estimate of drug-likeness (QED) is 0.907. The zero-order valence-corrected chi connectivity index (χ0v) is 12.4. The summed E-state index contributed by atoms with van der Waals surface area (Å²) in [4.78, 5) is 12.2. The van der Waals surface area contributed by atoms with Gasteiger partial charge in [0.05, 0.1) is 6.04 Å². The largest absolute Gasteiger partial charge is 0.457 e. The minimum absolute atomic E-state index is 0.0246. The molecule has 0 aromatic heterocycles. The highest BCUT2D eigenvalue weighted by Crippen LogP contribution is 2.24. The molecule has 2 aromatic carbocycles. The van der Waals surface area contributed by atoms with Crippen LogP contribution in [0, 0.1) is 0 Å². The average Bonchev–Trinajstić information content (AvgIpc) is 2.57. The zero-order chi connectivity index (χ0) is 15.2. The zero-order valence-electron chi connectivity index (χ0n) is 12.4. The predicted octanol–water partition coefficient (Wildman–Crippen LogP) is 3.56. The monoisotopic (exact) mass is 296 g/mol. The van der Waals surface area contributed by atoms with Gasteiger partial charge in [-0.25, -0.2) is 0 Å². The lowest BCUT2D eigenvalue weighted by Crippen LogP contribution is -2.43. The first-order chi connectivity index (χ1) is 10.8. The van der Waals surface area contributed by atoms with Gasteiger partial charge in [-0.3, -0.25) is 4.79 Å². The Morgan fingerprint density at radius 2 is 1.86 bits per heavy atom. The predicted molar refractivity (Wildman–Crippen MR) is 87.2 cm³/mol. The number of benzene rings is 2. The number of carbonyl (C=O) groups excluding carboxylic acids is 1. The van der Waals surface area contributed by atoms with E-state index < -0.39 is 0 Å². The van der Waals surface area contributed by atoms with Crippen LogP contribution >= 0.6 is 0 Å². The molecule has 4 nitrogen and oxygen atoms in total. The van der Waals surface area contributed by atoms with Crippen LogP contribution in [0.5, 0.6) is 11.5 Å². The first-order valence-electron chi connectivity index (χ1n) is 7.68. The number of nitrogens with one attached hydrogen (secondary N) is 2. The van der Waals surface area contributed by atoms with Crippen LogP contribution in [0.3, 0.4) is 0 Å². The summed E-state index contributed by atoms with van der Waals surface area (Å²) < 4.78 is 5.78. The second-order valence-corrected chi connectivity index (χ2v) is 5.43. The molecular formula is C18H20N2O2. The minimum Gasteiger partial charge on any atom is -0.457 e. The van der Waals surface area contributed by atoms with Gasteiger partial charge in [0, 0.05) is 11.8 Å². The van der Waals surface area contributed by atoms with Crippen LogP contribution in [0.1, 0.15) is 19.3 Å². The third-order valence-corrected chi connectivity index (χ3v) is 3.71. The molecule has 4 heteroatoms. The molecule has 1 fully saturated rings. The van der Waals surface area contributed by atoms with Crippen LogP contribution in [-0.2, 0) is 4.79 Å². The third kappa shape index (κ3) is 3.86. The van der Waals surface area contributed by atoms with Gasteiger partial charge in [-0.2, -0.15) is 0 Å². The summed E-state index contributed by atoms with van der Waals surface area (Å²) in [5.41, 5.74) is 0.755. The van der Waals surface area contributed by atoms with E-state index in [1.54, 1.807) is 0 Å². The van der Waals surface area contributed by atoms with Crippen molar-refractivity contribution in [2.45, 2.75) is 25.3 Å². The first kappa shape index (κ1) is 14.6. The highest BCUT2D eigenvalue weighted by molar-refractivity contribution is 5.95. The molecule has 1 heterocycles. The number of rotatable bonds is 4. The smallest absolute Gasteiger partial charge is 0.241 e. The Bertz CT molecular complexity index is 622. The molecule has 114 valence electrons. The molecule has 1 amide bonds. The van der Waals surface area contributed by atoms with Crippen LogP contribution in [-0.4, -0.2) is 18.5 Å². The number of para-hydroxylation sites is 1. The van der Waals surface area contributed by atoms with Crippen LogP contribution < -0.4 is 15.4 Å². The molecule has 1 aliphatic heterocycles. The van der Waals surface area contributed by atoms with Crippen molar-refractivity contribution in [3.05, 3.63) is 54.6 Å². The maximum atomic E-state index is 12.2. The summed E-state index contributed by atoms with van der Waals surface area (Å²) in [6.45, 7) is 0.912. The summed E-state index contributed by atoms with van der Waals surface area (Å²) in [5, 5.41) is 6.21. The number of hydrogen-bond acceptors (Lipinski definition) is 3. The van der Waals surface area contributed by atoms with E-state index in [4.69, 9.17) is 4.74 Å². The lowest BCUT2D eigenvalue weighted by molar-refractivity contribution is -0.118. The van der Waals surface area contributed by atoms with Crippen LogP contribution in [0.15, 0.2) is 54.6 Å². The van der Waals surface area contributed by atoms with Gasteiger partial charge in [0.1, 0.15) is 11.5 Å². The standard InChI is InChI=1S/C18H20N2O2/c21-18(17-11-4-5-12-19-17)20-14-7-6-10-16(13-14)22-15-8-2-1-3-9-15/h1-3,6-10,13,17,19H,4-5,11-12H2,(H,20,21)/t17-/m1/s1. The number of piperidine rings is 1. The topological polar surface area (TPSA) is 50.4 Å². The molecule has 22 heavy (non-hydrogen) atoms. The second-order valence-electron chi connectivity index (χ2n) is 5.43. The van der Waals surface area contributed by atoms with E-state index >= 15 is 0 Å². The van der Waals surface area contributed by atoms with Gasteiger partial charge in [-0.15, -0.1) is 0 Å². The molecule has 0 bridgehead atoms. The van der Waals surface area contributed by atoms with Crippen molar-refractivity contribution in [3.8, 4) is 11.5 Å². The molecule has 1 aliphatic rings. The molecule has 1 atom stereocenters. The van der Waals surface area contributed by atoms with Crippen molar-refractivity contribution in [2.75, 3.05) is 11.9 Å². The van der Waals surface area contributed by atoms with Crippen molar-refractivity contribution >= 4 is 11.6 Å². The summed E-state index contributed by atoms with van der Waals surface area (Å²) in [6, 6.07) is 17.0. The number of carbonyl (C=O) groups is 1. The fraction of sp³-hybridized carbons (Fsp3) is 0.278. The number of anilines is 1. The highest BCUT2D eigenvalue weighted by atomic mass is 16.5. The summed E-state index contributed by atoms with van der Waals surface area (Å²) >= 11 is 0. The number of amides is 1. The van der Waals surface area contributed by atoms with Crippen LogP contribution in [0.2, 0.25) is 0 Å². The molecule has 2 aromatic rings. The Labute approximate surface area is 130 Å². The molecule has 0 saturated carbocycles. The molecule has 0 unspecified atom stereocenters. The van der Waals surface area contributed by atoms with Gasteiger partial charge < -0.3 is 15.4 Å². The summed E-state index contributed by atoms with van der Waals surface area (Å²) in [7, 11) is 0. The summed E-state index contributed by atoms with van der Waals surface area (Å²) in [6.07, 6.45) is 3.14. The van der Waals surface area contributed by atoms with E-state index in [0.717, 1.165) is 37.2 Å². The number of hydrogen-bond donors (Lipinski definition) is 2. The normalized spacial score (nSPS) is 17.7. The molecule has 1 saturated heterocycles. The molecule has 0 spiro atoms. The van der Waals surface area contributed by atoms with E-state index in [0.29, 0.717) is 5.75 Å². The number of ether oxygens (including phenoxy) is 1. The van der Waals surface area contributed by atoms with E-state index in [9.17, 15) is 4.79 Å². The molecule has 0 radical (unpaired) electrons. The van der Waals surface area contributed by atoms with E-state index in [-0.39, 0.29) is 11.9 Å². The average molecular weight is 296 g/mol. The van der Waals surface area contributed by atoms with Gasteiger partial charge in [-0.1, -0.05) is 30.7 Å². The van der Waals surface area contributed by atoms with E-state index in [1.807, 2.05) is 54.6 Å². The Morgan fingerprint density at radius 3 is 2.64 bits per heavy atom. The van der Waals surface area contributed by atoms with Crippen LogP contribution in [0.4, 0.5) is 5.69 Å². The fourth-order valence-electron chi connectivity index (χ4n) is 2.57. The van der Waals surface area contributed by atoms with Crippen LogP contribution in [0.25, 0.3) is 0 Å².